The van der Waals surface area contributed by atoms with Gasteiger partial charge in [0.25, 0.3) is 0 Å². The van der Waals surface area contributed by atoms with Crippen molar-refractivity contribution in [1.29, 1.82) is 0 Å². The molecule has 2 rings (SSSR count). The Balaban J connectivity index is 2.48. The molecule has 21 heavy (non-hydrogen) atoms. The second-order valence-electron chi connectivity index (χ2n) is 7.08. The lowest BCUT2D eigenvalue weighted by molar-refractivity contribution is 0.548. The summed E-state index contributed by atoms with van der Waals surface area (Å²) in [5.41, 5.74) is 2.43. The summed E-state index contributed by atoms with van der Waals surface area (Å²) >= 11 is 0. The highest BCUT2D eigenvalue weighted by Gasteiger charge is 2.19. The molecule has 0 radical (unpaired) electrons. The molecule has 0 saturated heterocycles. The van der Waals surface area contributed by atoms with Crippen molar-refractivity contribution < 1.29 is 4.39 Å². The standard InChI is InChI=1S/C18H25FN2/c1-12(2)10-20-11-13-9-16(18(3,4)5)21-17-14(13)7-6-8-15(17)19/h6-9,12,20H,10-11H2,1-5H3. The lowest BCUT2D eigenvalue weighted by atomic mass is 9.89. The van der Waals surface area contributed by atoms with Gasteiger partial charge in [0.15, 0.2) is 0 Å². The highest BCUT2D eigenvalue weighted by Crippen LogP contribution is 2.27. The van der Waals surface area contributed by atoms with E-state index in [2.05, 4.69) is 51.0 Å². The van der Waals surface area contributed by atoms with E-state index in [-0.39, 0.29) is 11.2 Å². The number of aromatic nitrogens is 1. The maximum Gasteiger partial charge on any atom is 0.149 e. The van der Waals surface area contributed by atoms with E-state index in [4.69, 9.17) is 0 Å². The summed E-state index contributed by atoms with van der Waals surface area (Å²) in [6.07, 6.45) is 0. The maximum atomic E-state index is 14.1. The summed E-state index contributed by atoms with van der Waals surface area (Å²) in [5, 5.41) is 4.34. The molecule has 0 amide bonds. The molecular weight excluding hydrogens is 263 g/mol. The van der Waals surface area contributed by atoms with Crippen LogP contribution < -0.4 is 5.32 Å². The van der Waals surface area contributed by atoms with E-state index in [0.29, 0.717) is 11.4 Å². The first-order valence-corrected chi connectivity index (χ1v) is 7.58. The number of hydrogen-bond acceptors (Lipinski definition) is 2. The number of nitrogens with one attached hydrogen (secondary N) is 1. The fourth-order valence-electron chi connectivity index (χ4n) is 2.31. The minimum Gasteiger partial charge on any atom is -0.312 e. The summed E-state index contributed by atoms with van der Waals surface area (Å²) in [5.74, 6) is 0.348. The van der Waals surface area contributed by atoms with E-state index in [1.807, 2.05) is 6.07 Å². The van der Waals surface area contributed by atoms with Gasteiger partial charge < -0.3 is 5.32 Å². The molecule has 2 aromatic rings. The van der Waals surface area contributed by atoms with Crippen LogP contribution in [0.1, 0.15) is 45.9 Å². The Morgan fingerprint density at radius 1 is 1.24 bits per heavy atom. The van der Waals surface area contributed by atoms with Crippen molar-refractivity contribution in [2.24, 2.45) is 5.92 Å². The van der Waals surface area contributed by atoms with Crippen LogP contribution in [0, 0.1) is 11.7 Å². The molecule has 0 aliphatic rings. The van der Waals surface area contributed by atoms with E-state index in [9.17, 15) is 4.39 Å². The fraction of sp³-hybridized carbons (Fsp3) is 0.500. The largest absolute Gasteiger partial charge is 0.312 e. The third-order valence-electron chi connectivity index (χ3n) is 3.51. The molecule has 2 nitrogen and oxygen atoms in total. The van der Waals surface area contributed by atoms with Gasteiger partial charge in [-0.2, -0.15) is 0 Å². The van der Waals surface area contributed by atoms with Crippen LogP contribution in [-0.4, -0.2) is 11.5 Å². The number of rotatable bonds is 4. The van der Waals surface area contributed by atoms with Crippen molar-refractivity contribution in [3.05, 3.63) is 41.3 Å². The number of nitrogens with zero attached hydrogens (tertiary/aromatic N) is 1. The Bertz CT molecular complexity index is 627. The van der Waals surface area contributed by atoms with Gasteiger partial charge in [-0.3, -0.25) is 0 Å². The molecule has 1 heterocycles. The Labute approximate surface area is 126 Å². The van der Waals surface area contributed by atoms with Crippen molar-refractivity contribution in [3.63, 3.8) is 0 Å². The summed E-state index contributed by atoms with van der Waals surface area (Å²) in [6.45, 7) is 12.4. The van der Waals surface area contributed by atoms with Gasteiger partial charge in [0.1, 0.15) is 11.3 Å². The predicted molar refractivity (Wildman–Crippen MR) is 86.9 cm³/mol. The smallest absolute Gasteiger partial charge is 0.149 e. The number of pyridine rings is 1. The molecule has 0 bridgehead atoms. The summed E-state index contributed by atoms with van der Waals surface area (Å²) in [4.78, 5) is 4.55. The maximum absolute atomic E-state index is 14.1. The molecule has 0 spiro atoms. The molecule has 0 saturated carbocycles. The number of benzene rings is 1. The van der Waals surface area contributed by atoms with E-state index < -0.39 is 0 Å². The predicted octanol–water partition coefficient (Wildman–Crippen LogP) is 4.42. The van der Waals surface area contributed by atoms with Crippen molar-refractivity contribution in [3.8, 4) is 0 Å². The number of fused-ring (bicyclic) bond motifs is 1. The van der Waals surface area contributed by atoms with Crippen LogP contribution in [0.25, 0.3) is 10.9 Å². The van der Waals surface area contributed by atoms with Gasteiger partial charge in [0, 0.05) is 23.0 Å². The van der Waals surface area contributed by atoms with Gasteiger partial charge in [-0.05, 0) is 30.2 Å². The van der Waals surface area contributed by atoms with Crippen LogP contribution >= 0.6 is 0 Å². The van der Waals surface area contributed by atoms with Crippen molar-refractivity contribution in [2.75, 3.05) is 6.54 Å². The lowest BCUT2D eigenvalue weighted by Crippen LogP contribution is -2.20. The zero-order valence-electron chi connectivity index (χ0n) is 13.6. The molecule has 0 atom stereocenters. The van der Waals surface area contributed by atoms with E-state index in [0.717, 1.165) is 29.7 Å². The Hall–Kier alpha value is -1.48. The first-order chi connectivity index (χ1) is 9.79. The van der Waals surface area contributed by atoms with Gasteiger partial charge in [-0.15, -0.1) is 0 Å². The molecule has 1 aromatic carbocycles. The third kappa shape index (κ3) is 3.79. The highest BCUT2D eigenvalue weighted by molar-refractivity contribution is 5.83. The first-order valence-electron chi connectivity index (χ1n) is 7.58. The summed E-state index contributed by atoms with van der Waals surface area (Å²) < 4.78 is 14.1. The molecule has 3 heteroatoms. The Kier molecular flexibility index (Phi) is 4.62. The van der Waals surface area contributed by atoms with Crippen LogP contribution in [0.15, 0.2) is 24.3 Å². The van der Waals surface area contributed by atoms with Gasteiger partial charge in [-0.25, -0.2) is 9.37 Å². The van der Waals surface area contributed by atoms with Crippen molar-refractivity contribution in [2.45, 2.75) is 46.6 Å². The molecule has 0 aliphatic heterocycles. The van der Waals surface area contributed by atoms with Gasteiger partial charge >= 0.3 is 0 Å². The lowest BCUT2D eigenvalue weighted by Gasteiger charge is -2.20. The zero-order valence-corrected chi connectivity index (χ0v) is 13.6. The van der Waals surface area contributed by atoms with Gasteiger partial charge in [0.2, 0.25) is 0 Å². The second-order valence-corrected chi connectivity index (χ2v) is 7.08. The molecule has 0 fully saturated rings. The molecule has 0 unspecified atom stereocenters. The third-order valence-corrected chi connectivity index (χ3v) is 3.51. The van der Waals surface area contributed by atoms with E-state index >= 15 is 0 Å². The SMILES string of the molecule is CC(C)CNCc1cc(C(C)(C)C)nc2c(F)cccc12. The van der Waals surface area contributed by atoms with Crippen LogP contribution in [0.3, 0.4) is 0 Å². The van der Waals surface area contributed by atoms with E-state index in [1.54, 1.807) is 6.07 Å². The van der Waals surface area contributed by atoms with E-state index in [1.165, 1.54) is 6.07 Å². The Morgan fingerprint density at radius 3 is 2.57 bits per heavy atom. The first kappa shape index (κ1) is 15.9. The quantitative estimate of drug-likeness (QED) is 0.901. The number of para-hydroxylation sites is 1. The average molecular weight is 288 g/mol. The topological polar surface area (TPSA) is 24.9 Å². The normalized spacial score (nSPS) is 12.3. The number of halogens is 1. The van der Waals surface area contributed by atoms with Gasteiger partial charge in [-0.1, -0.05) is 46.8 Å². The molecular formula is C18H25FN2. The fourth-order valence-corrected chi connectivity index (χ4v) is 2.31. The van der Waals surface area contributed by atoms with Gasteiger partial charge in [0.05, 0.1) is 0 Å². The van der Waals surface area contributed by atoms with Crippen LogP contribution in [-0.2, 0) is 12.0 Å². The molecule has 1 aromatic heterocycles. The molecule has 0 aliphatic carbocycles. The summed E-state index contributed by atoms with van der Waals surface area (Å²) in [7, 11) is 0. The van der Waals surface area contributed by atoms with Crippen LogP contribution in [0.5, 0.6) is 0 Å². The second kappa shape index (κ2) is 6.10. The minimum absolute atomic E-state index is 0.0940. The van der Waals surface area contributed by atoms with Crippen molar-refractivity contribution in [1.82, 2.24) is 10.3 Å². The van der Waals surface area contributed by atoms with Crippen LogP contribution in [0.4, 0.5) is 4.39 Å². The molecule has 114 valence electrons. The average Bonchev–Trinajstić information content (AvgIpc) is 2.38. The van der Waals surface area contributed by atoms with Crippen LogP contribution in [0.2, 0.25) is 0 Å². The highest BCUT2D eigenvalue weighted by atomic mass is 19.1. The Morgan fingerprint density at radius 2 is 1.95 bits per heavy atom. The number of hydrogen-bond donors (Lipinski definition) is 1. The molecule has 1 N–H and O–H groups in total. The zero-order chi connectivity index (χ0) is 15.6. The summed E-state index contributed by atoms with van der Waals surface area (Å²) in [6, 6.07) is 7.29. The minimum atomic E-state index is -0.247. The van der Waals surface area contributed by atoms with Crippen molar-refractivity contribution >= 4 is 10.9 Å². The monoisotopic (exact) mass is 288 g/mol.